The van der Waals surface area contributed by atoms with E-state index in [2.05, 4.69) is 17.4 Å². The van der Waals surface area contributed by atoms with Crippen molar-refractivity contribution in [3.05, 3.63) is 65.7 Å². The molecular weight excluding hydrogens is 384 g/mol. The van der Waals surface area contributed by atoms with Crippen LogP contribution in [0.1, 0.15) is 49.3 Å². The number of carbonyl (C=O) groups is 1. The van der Waals surface area contributed by atoms with Crippen LogP contribution in [0, 0.1) is 17.8 Å². The monoisotopic (exact) mass is 414 g/mol. The maximum atomic E-state index is 13.3. The van der Waals surface area contributed by atoms with Crippen LogP contribution in [0.25, 0.3) is 0 Å². The van der Waals surface area contributed by atoms with E-state index in [9.17, 15) is 4.79 Å². The standard InChI is InChI=1S/C24H30N2O2.ClH/c1-28-21-13-6-5-12-20(21)23(16-8-3-2-4-9-16)26-24(27)19-14-17-10-7-11-18(15-19)22(17)25;/h2-6,8-9,12-13,17-19,22-23H,7,10-11,14-15,25H2,1H3,(H,26,27);1H. The van der Waals surface area contributed by atoms with Gasteiger partial charge in [-0.2, -0.15) is 0 Å². The Morgan fingerprint density at radius 3 is 2.31 bits per heavy atom. The minimum Gasteiger partial charge on any atom is -0.496 e. The quantitative estimate of drug-likeness (QED) is 0.758. The maximum Gasteiger partial charge on any atom is 0.223 e. The molecule has 4 nitrogen and oxygen atoms in total. The predicted molar refractivity (Wildman–Crippen MR) is 118 cm³/mol. The summed E-state index contributed by atoms with van der Waals surface area (Å²) in [5, 5.41) is 3.34. The van der Waals surface area contributed by atoms with E-state index >= 15 is 0 Å². The van der Waals surface area contributed by atoms with Crippen molar-refractivity contribution in [2.24, 2.45) is 23.5 Å². The molecule has 3 atom stereocenters. The largest absolute Gasteiger partial charge is 0.496 e. The van der Waals surface area contributed by atoms with Crippen LogP contribution in [0.3, 0.4) is 0 Å². The molecule has 29 heavy (non-hydrogen) atoms. The Hall–Kier alpha value is -2.04. The number of ether oxygens (including phenoxy) is 1. The predicted octanol–water partition coefficient (Wildman–Crippen LogP) is 4.48. The van der Waals surface area contributed by atoms with Crippen LogP contribution in [0.15, 0.2) is 54.6 Å². The van der Waals surface area contributed by atoms with Crippen LogP contribution in [0.5, 0.6) is 5.75 Å². The highest BCUT2D eigenvalue weighted by Gasteiger charge is 2.41. The number of hydrogen-bond acceptors (Lipinski definition) is 3. The van der Waals surface area contributed by atoms with Crippen molar-refractivity contribution >= 4 is 18.3 Å². The summed E-state index contributed by atoms with van der Waals surface area (Å²) in [7, 11) is 1.67. The number of nitrogens with two attached hydrogens (primary N) is 1. The first-order valence-electron chi connectivity index (χ1n) is 10.4. The molecule has 2 saturated carbocycles. The number of methoxy groups -OCH3 is 1. The van der Waals surface area contributed by atoms with Gasteiger partial charge in [-0.05, 0) is 49.1 Å². The zero-order chi connectivity index (χ0) is 19.5. The Balaban J connectivity index is 0.00000240. The number of halogens is 1. The van der Waals surface area contributed by atoms with Crippen LogP contribution in [-0.4, -0.2) is 19.1 Å². The van der Waals surface area contributed by atoms with Gasteiger partial charge in [0.1, 0.15) is 5.75 Å². The lowest BCUT2D eigenvalue weighted by Crippen LogP contribution is -2.49. The van der Waals surface area contributed by atoms with E-state index in [0.29, 0.717) is 11.8 Å². The van der Waals surface area contributed by atoms with E-state index in [-0.39, 0.29) is 36.3 Å². The van der Waals surface area contributed by atoms with E-state index in [1.54, 1.807) is 7.11 Å². The number of hydrogen-bond donors (Lipinski definition) is 2. The Labute approximate surface area is 179 Å². The molecule has 2 aliphatic rings. The highest BCUT2D eigenvalue weighted by atomic mass is 35.5. The van der Waals surface area contributed by atoms with E-state index in [4.69, 9.17) is 10.5 Å². The maximum absolute atomic E-state index is 13.3. The van der Waals surface area contributed by atoms with Gasteiger partial charge in [0, 0.05) is 17.5 Å². The van der Waals surface area contributed by atoms with Crippen molar-refractivity contribution in [2.45, 2.75) is 44.2 Å². The van der Waals surface area contributed by atoms with Crippen molar-refractivity contribution in [3.63, 3.8) is 0 Å². The van der Waals surface area contributed by atoms with Crippen molar-refractivity contribution in [1.29, 1.82) is 0 Å². The van der Waals surface area contributed by atoms with Crippen LogP contribution >= 0.6 is 12.4 Å². The zero-order valence-corrected chi connectivity index (χ0v) is 17.7. The van der Waals surface area contributed by atoms with Gasteiger partial charge in [0.05, 0.1) is 13.2 Å². The smallest absolute Gasteiger partial charge is 0.223 e. The van der Waals surface area contributed by atoms with Gasteiger partial charge >= 0.3 is 0 Å². The first-order valence-corrected chi connectivity index (χ1v) is 10.4. The van der Waals surface area contributed by atoms with Gasteiger partial charge in [-0.25, -0.2) is 0 Å². The number of fused-ring (bicyclic) bond motifs is 2. The number of benzene rings is 2. The number of amides is 1. The summed E-state index contributed by atoms with van der Waals surface area (Å²) in [6.07, 6.45) is 5.41. The molecule has 2 aromatic rings. The third-order valence-corrected chi connectivity index (χ3v) is 6.65. The minimum atomic E-state index is -0.222. The van der Waals surface area contributed by atoms with Gasteiger partial charge < -0.3 is 15.8 Å². The molecule has 2 aromatic carbocycles. The van der Waals surface area contributed by atoms with Gasteiger partial charge in [-0.1, -0.05) is 55.0 Å². The number of rotatable bonds is 5. The lowest BCUT2D eigenvalue weighted by Gasteiger charge is -2.43. The fourth-order valence-corrected chi connectivity index (χ4v) is 5.15. The van der Waals surface area contributed by atoms with Crippen molar-refractivity contribution < 1.29 is 9.53 Å². The molecule has 0 spiro atoms. The van der Waals surface area contributed by atoms with E-state index in [1.165, 1.54) is 6.42 Å². The van der Waals surface area contributed by atoms with Crippen LogP contribution in [-0.2, 0) is 4.79 Å². The molecule has 0 saturated heterocycles. The molecule has 156 valence electrons. The highest BCUT2D eigenvalue weighted by Crippen LogP contribution is 2.42. The highest BCUT2D eigenvalue weighted by molar-refractivity contribution is 5.85. The molecule has 2 bridgehead atoms. The number of para-hydroxylation sites is 1. The molecule has 3 N–H and O–H groups in total. The van der Waals surface area contributed by atoms with E-state index < -0.39 is 0 Å². The van der Waals surface area contributed by atoms with Crippen LogP contribution < -0.4 is 15.8 Å². The molecule has 0 aliphatic heterocycles. The fourth-order valence-electron chi connectivity index (χ4n) is 5.15. The molecule has 5 heteroatoms. The first kappa shape index (κ1) is 21.7. The molecule has 0 aromatic heterocycles. The van der Waals surface area contributed by atoms with Crippen LogP contribution in [0.2, 0.25) is 0 Å². The summed E-state index contributed by atoms with van der Waals surface area (Å²) in [6.45, 7) is 0. The summed E-state index contributed by atoms with van der Waals surface area (Å²) < 4.78 is 5.58. The second-order valence-corrected chi connectivity index (χ2v) is 8.29. The summed E-state index contributed by atoms with van der Waals surface area (Å²) in [5.74, 6) is 1.97. The lowest BCUT2D eigenvalue weighted by atomic mass is 9.65. The average Bonchev–Trinajstić information content (AvgIpc) is 2.72. The molecule has 2 fully saturated rings. The summed E-state index contributed by atoms with van der Waals surface area (Å²) >= 11 is 0. The molecule has 2 aliphatic carbocycles. The van der Waals surface area contributed by atoms with E-state index in [1.807, 2.05) is 42.5 Å². The van der Waals surface area contributed by atoms with Gasteiger partial charge in [0.25, 0.3) is 0 Å². The van der Waals surface area contributed by atoms with Crippen molar-refractivity contribution in [2.75, 3.05) is 7.11 Å². The van der Waals surface area contributed by atoms with Gasteiger partial charge in [-0.3, -0.25) is 4.79 Å². The second kappa shape index (κ2) is 9.64. The van der Waals surface area contributed by atoms with Crippen molar-refractivity contribution in [3.8, 4) is 5.75 Å². The Morgan fingerprint density at radius 1 is 1.03 bits per heavy atom. The average molecular weight is 415 g/mol. The Morgan fingerprint density at radius 2 is 1.66 bits per heavy atom. The zero-order valence-electron chi connectivity index (χ0n) is 16.9. The van der Waals surface area contributed by atoms with Gasteiger partial charge in [0.15, 0.2) is 0 Å². The van der Waals surface area contributed by atoms with E-state index in [0.717, 1.165) is 42.6 Å². The summed E-state index contributed by atoms with van der Waals surface area (Å²) in [5.41, 5.74) is 8.47. The third-order valence-electron chi connectivity index (χ3n) is 6.65. The topological polar surface area (TPSA) is 64.3 Å². The SMILES string of the molecule is COc1ccccc1C(NC(=O)C1CC2CCCC(C1)C2N)c1ccccc1.Cl. The first-order chi connectivity index (χ1) is 13.7. The molecular formula is C24H31ClN2O2. The summed E-state index contributed by atoms with van der Waals surface area (Å²) in [4.78, 5) is 13.3. The number of carbonyl (C=O) groups excluding carboxylic acids is 1. The molecule has 1 amide bonds. The molecule has 0 heterocycles. The third kappa shape index (κ3) is 4.59. The summed E-state index contributed by atoms with van der Waals surface area (Å²) in [6, 6.07) is 18.1. The molecule has 3 unspecified atom stereocenters. The Kier molecular flexibility index (Phi) is 7.20. The fraction of sp³-hybridized carbons (Fsp3) is 0.458. The van der Waals surface area contributed by atoms with Crippen LogP contribution in [0.4, 0.5) is 0 Å². The number of nitrogens with one attached hydrogen (secondary N) is 1. The van der Waals surface area contributed by atoms with Gasteiger partial charge in [0.2, 0.25) is 5.91 Å². The van der Waals surface area contributed by atoms with Crippen molar-refractivity contribution in [1.82, 2.24) is 5.32 Å². The van der Waals surface area contributed by atoms with Gasteiger partial charge in [-0.15, -0.1) is 12.4 Å². The Bertz CT molecular complexity index is 800. The normalized spacial score (nSPS) is 26.7. The molecule has 4 rings (SSSR count). The molecule has 0 radical (unpaired) electrons. The minimum absolute atomic E-state index is 0. The lowest BCUT2D eigenvalue weighted by molar-refractivity contribution is -0.128. The second-order valence-electron chi connectivity index (χ2n) is 8.29.